The number of nitrogens with zero attached hydrogens (tertiary/aromatic N) is 2. The number of nitrogens with one attached hydrogen (secondary N) is 1. The van der Waals surface area contributed by atoms with Crippen LogP contribution in [0.25, 0.3) is 6.08 Å². The number of hydrogen-bond donors (Lipinski definition) is 1. The molecule has 0 aliphatic heterocycles. The molecule has 1 amide bonds. The van der Waals surface area contributed by atoms with Gasteiger partial charge in [-0.1, -0.05) is 29.8 Å². The molecule has 2 aromatic rings. The summed E-state index contributed by atoms with van der Waals surface area (Å²) in [5.74, 6) is -0.175. The van der Waals surface area contributed by atoms with E-state index in [9.17, 15) is 4.79 Å². The van der Waals surface area contributed by atoms with E-state index in [1.807, 2.05) is 37.5 Å². The molecular formula is C14H14ClN3O. The standard InChI is InChI=1S/C14H14ClN3O/c1-18-9-8-12(17-18)10-16-14(19)7-6-11-4-2-3-5-13(11)15/h2-9H,10H2,1H3,(H,16,19)/b7-6+. The fourth-order valence-corrected chi connectivity index (χ4v) is 1.77. The van der Waals surface area contributed by atoms with Gasteiger partial charge >= 0.3 is 0 Å². The fraction of sp³-hybridized carbons (Fsp3) is 0.143. The summed E-state index contributed by atoms with van der Waals surface area (Å²) in [5.41, 5.74) is 1.64. The number of carbonyl (C=O) groups is 1. The van der Waals surface area contributed by atoms with Gasteiger partial charge < -0.3 is 5.32 Å². The largest absolute Gasteiger partial charge is 0.347 e. The second-order valence-corrected chi connectivity index (χ2v) is 4.46. The van der Waals surface area contributed by atoms with Crippen LogP contribution in [0.15, 0.2) is 42.6 Å². The number of halogens is 1. The van der Waals surface area contributed by atoms with E-state index in [4.69, 9.17) is 11.6 Å². The van der Waals surface area contributed by atoms with Gasteiger partial charge in [0.15, 0.2) is 0 Å². The molecule has 19 heavy (non-hydrogen) atoms. The third-order valence-electron chi connectivity index (χ3n) is 2.53. The number of carbonyl (C=O) groups excluding carboxylic acids is 1. The van der Waals surface area contributed by atoms with Crippen LogP contribution in [0.5, 0.6) is 0 Å². The van der Waals surface area contributed by atoms with E-state index < -0.39 is 0 Å². The van der Waals surface area contributed by atoms with Gasteiger partial charge in [-0.2, -0.15) is 5.10 Å². The minimum absolute atomic E-state index is 0.175. The summed E-state index contributed by atoms with van der Waals surface area (Å²) in [6, 6.07) is 9.22. The molecule has 0 bridgehead atoms. The Kier molecular flexibility index (Phi) is 4.36. The van der Waals surface area contributed by atoms with Crippen LogP contribution in [0.4, 0.5) is 0 Å². The molecule has 2 rings (SSSR count). The maximum Gasteiger partial charge on any atom is 0.244 e. The summed E-state index contributed by atoms with van der Waals surface area (Å²) >= 11 is 5.99. The van der Waals surface area contributed by atoms with Crippen molar-refractivity contribution >= 4 is 23.6 Å². The molecule has 1 N–H and O–H groups in total. The average molecular weight is 276 g/mol. The molecule has 0 saturated heterocycles. The van der Waals surface area contributed by atoms with Crippen molar-refractivity contribution in [2.75, 3.05) is 0 Å². The van der Waals surface area contributed by atoms with Gasteiger partial charge in [0.1, 0.15) is 0 Å². The third-order valence-corrected chi connectivity index (χ3v) is 2.88. The van der Waals surface area contributed by atoms with Crippen LogP contribution >= 0.6 is 11.6 Å². The summed E-state index contributed by atoms with van der Waals surface area (Å²) in [6.45, 7) is 0.409. The summed E-state index contributed by atoms with van der Waals surface area (Å²) < 4.78 is 1.70. The lowest BCUT2D eigenvalue weighted by Crippen LogP contribution is -2.20. The predicted octanol–water partition coefficient (Wildman–Crippen LogP) is 2.40. The number of rotatable bonds is 4. The fourth-order valence-electron chi connectivity index (χ4n) is 1.57. The molecule has 0 aliphatic rings. The van der Waals surface area contributed by atoms with Crippen LogP contribution in [-0.4, -0.2) is 15.7 Å². The number of benzene rings is 1. The van der Waals surface area contributed by atoms with Crippen molar-refractivity contribution in [2.24, 2.45) is 7.05 Å². The topological polar surface area (TPSA) is 46.9 Å². The minimum atomic E-state index is -0.175. The van der Waals surface area contributed by atoms with Crippen molar-refractivity contribution in [3.8, 4) is 0 Å². The first-order valence-corrected chi connectivity index (χ1v) is 6.22. The van der Waals surface area contributed by atoms with E-state index in [0.717, 1.165) is 11.3 Å². The van der Waals surface area contributed by atoms with Gasteiger partial charge in [-0.05, 0) is 23.8 Å². The lowest BCUT2D eigenvalue weighted by molar-refractivity contribution is -0.116. The molecule has 0 unspecified atom stereocenters. The van der Waals surface area contributed by atoms with E-state index in [1.165, 1.54) is 6.08 Å². The van der Waals surface area contributed by atoms with E-state index in [1.54, 1.807) is 16.8 Å². The summed E-state index contributed by atoms with van der Waals surface area (Å²) in [4.78, 5) is 11.6. The van der Waals surface area contributed by atoms with Crippen LogP contribution < -0.4 is 5.32 Å². The molecule has 4 nitrogen and oxygen atoms in total. The lowest BCUT2D eigenvalue weighted by Gasteiger charge is -1.99. The van der Waals surface area contributed by atoms with Gasteiger partial charge in [0.25, 0.3) is 0 Å². The maximum atomic E-state index is 11.6. The van der Waals surface area contributed by atoms with Crippen molar-refractivity contribution in [3.63, 3.8) is 0 Å². The highest BCUT2D eigenvalue weighted by molar-refractivity contribution is 6.32. The summed E-state index contributed by atoms with van der Waals surface area (Å²) in [7, 11) is 1.84. The maximum absolute atomic E-state index is 11.6. The van der Waals surface area contributed by atoms with Gasteiger partial charge in [0.05, 0.1) is 12.2 Å². The minimum Gasteiger partial charge on any atom is -0.347 e. The highest BCUT2D eigenvalue weighted by atomic mass is 35.5. The first-order chi connectivity index (χ1) is 9.15. The molecular weight excluding hydrogens is 262 g/mol. The summed E-state index contributed by atoms with van der Waals surface area (Å²) in [6.07, 6.45) is 4.99. The zero-order chi connectivity index (χ0) is 13.7. The molecule has 1 aromatic heterocycles. The smallest absolute Gasteiger partial charge is 0.244 e. The predicted molar refractivity (Wildman–Crippen MR) is 75.5 cm³/mol. The number of hydrogen-bond acceptors (Lipinski definition) is 2. The van der Waals surface area contributed by atoms with Gasteiger partial charge in [0, 0.05) is 24.3 Å². The Morgan fingerprint density at radius 3 is 2.89 bits per heavy atom. The van der Waals surface area contributed by atoms with Crippen molar-refractivity contribution in [2.45, 2.75) is 6.54 Å². The molecule has 0 aliphatic carbocycles. The molecule has 0 saturated carbocycles. The second-order valence-electron chi connectivity index (χ2n) is 4.05. The zero-order valence-electron chi connectivity index (χ0n) is 10.5. The van der Waals surface area contributed by atoms with Crippen LogP contribution in [0.2, 0.25) is 5.02 Å². The highest BCUT2D eigenvalue weighted by Gasteiger charge is 2.00. The molecule has 0 spiro atoms. The first-order valence-electron chi connectivity index (χ1n) is 5.84. The third kappa shape index (κ3) is 3.96. The Balaban J connectivity index is 1.89. The Morgan fingerprint density at radius 2 is 2.21 bits per heavy atom. The number of aromatic nitrogens is 2. The molecule has 5 heteroatoms. The molecule has 1 heterocycles. The quantitative estimate of drug-likeness (QED) is 0.871. The number of amides is 1. The van der Waals surface area contributed by atoms with Gasteiger partial charge in [-0.3, -0.25) is 9.48 Å². The van der Waals surface area contributed by atoms with Crippen LogP contribution in [-0.2, 0) is 18.4 Å². The van der Waals surface area contributed by atoms with E-state index >= 15 is 0 Å². The molecule has 0 radical (unpaired) electrons. The average Bonchev–Trinajstić information content (AvgIpc) is 2.81. The van der Waals surface area contributed by atoms with Gasteiger partial charge in [0.2, 0.25) is 5.91 Å². The van der Waals surface area contributed by atoms with Crippen LogP contribution in [0, 0.1) is 0 Å². The van der Waals surface area contributed by atoms with Crippen LogP contribution in [0.3, 0.4) is 0 Å². The Labute approximate surface area is 116 Å². The molecule has 0 fully saturated rings. The van der Waals surface area contributed by atoms with Crippen molar-refractivity contribution < 1.29 is 4.79 Å². The number of aryl methyl sites for hydroxylation is 1. The van der Waals surface area contributed by atoms with Crippen molar-refractivity contribution in [1.82, 2.24) is 15.1 Å². The van der Waals surface area contributed by atoms with E-state index in [0.29, 0.717) is 11.6 Å². The van der Waals surface area contributed by atoms with Gasteiger partial charge in [-0.15, -0.1) is 0 Å². The van der Waals surface area contributed by atoms with Gasteiger partial charge in [-0.25, -0.2) is 0 Å². The Bertz CT molecular complexity index is 604. The normalized spacial score (nSPS) is 10.8. The molecule has 0 atom stereocenters. The summed E-state index contributed by atoms with van der Waals surface area (Å²) in [5, 5.41) is 7.55. The van der Waals surface area contributed by atoms with E-state index in [-0.39, 0.29) is 5.91 Å². The van der Waals surface area contributed by atoms with E-state index in [2.05, 4.69) is 10.4 Å². The van der Waals surface area contributed by atoms with Crippen LogP contribution in [0.1, 0.15) is 11.3 Å². The molecule has 1 aromatic carbocycles. The highest BCUT2D eigenvalue weighted by Crippen LogP contribution is 2.15. The molecule has 98 valence electrons. The van der Waals surface area contributed by atoms with Crippen molar-refractivity contribution in [3.05, 3.63) is 58.9 Å². The monoisotopic (exact) mass is 275 g/mol. The zero-order valence-corrected chi connectivity index (χ0v) is 11.3. The lowest BCUT2D eigenvalue weighted by atomic mass is 10.2. The van der Waals surface area contributed by atoms with Crippen molar-refractivity contribution in [1.29, 1.82) is 0 Å². The Hall–Kier alpha value is -2.07. The first kappa shape index (κ1) is 13.4. The SMILES string of the molecule is Cn1ccc(CNC(=O)/C=C/c2ccccc2Cl)n1. The Morgan fingerprint density at radius 1 is 1.42 bits per heavy atom. The second kappa shape index (κ2) is 6.20.